The van der Waals surface area contributed by atoms with E-state index in [2.05, 4.69) is 39.7 Å². The van der Waals surface area contributed by atoms with Crippen LogP contribution < -0.4 is 10.2 Å². The highest BCUT2D eigenvalue weighted by Crippen LogP contribution is 2.25. The van der Waals surface area contributed by atoms with Crippen LogP contribution in [0.5, 0.6) is 11.5 Å². The van der Waals surface area contributed by atoms with Crippen LogP contribution in [0.3, 0.4) is 0 Å². The van der Waals surface area contributed by atoms with Gasteiger partial charge in [-0.25, -0.2) is 5.43 Å². The predicted octanol–water partition coefficient (Wildman–Crippen LogP) is 4.30. The molecule has 3 aromatic rings. The second-order valence-corrected chi connectivity index (χ2v) is 8.88. The summed E-state index contributed by atoms with van der Waals surface area (Å²) in [6.45, 7) is 4.96. The Kier molecular flexibility index (Phi) is 8.02. The number of halogens is 1. The number of carbonyl (C=O) groups excluding carboxylic acids is 1. The molecule has 1 atom stereocenters. The Morgan fingerprint density at radius 1 is 1.20 bits per heavy atom. The molecular weight excluding hydrogens is 466 g/mol. The lowest BCUT2D eigenvalue weighted by atomic mass is 10.0. The number of hydrogen-bond donors (Lipinski definition) is 3. The van der Waals surface area contributed by atoms with Crippen LogP contribution in [0, 0.1) is 0 Å². The largest absolute Gasteiger partial charge is 0.506 e. The Bertz CT molecular complexity index is 1230. The maximum absolute atomic E-state index is 12.2. The molecule has 4 rings (SSSR count). The predicted molar refractivity (Wildman–Crippen MR) is 136 cm³/mol. The van der Waals surface area contributed by atoms with Crippen molar-refractivity contribution in [1.82, 2.24) is 10.3 Å². The summed E-state index contributed by atoms with van der Waals surface area (Å²) < 4.78 is 5.96. The molecule has 0 aromatic heterocycles. The lowest BCUT2D eigenvalue weighted by Crippen LogP contribution is -2.33. The van der Waals surface area contributed by atoms with Crippen LogP contribution in [0.1, 0.15) is 45.6 Å². The molecule has 1 aliphatic heterocycles. The van der Waals surface area contributed by atoms with Crippen molar-refractivity contribution < 1.29 is 19.7 Å². The second kappa shape index (κ2) is 11.4. The SMILES string of the molecule is CC(O)c1cc(OCCN2CCc3ccccc3C2)ccc1/C=N/NC(=O)c1ccc(O)c(Cl)c1. The molecule has 0 bridgehead atoms. The minimum atomic E-state index is -0.745. The average Bonchev–Trinajstić information content (AvgIpc) is 2.86. The Balaban J connectivity index is 1.33. The van der Waals surface area contributed by atoms with Crippen molar-refractivity contribution in [2.75, 3.05) is 19.7 Å². The van der Waals surface area contributed by atoms with Gasteiger partial charge >= 0.3 is 0 Å². The molecule has 1 aliphatic rings. The van der Waals surface area contributed by atoms with Crippen molar-refractivity contribution in [3.05, 3.63) is 93.5 Å². The number of nitrogens with one attached hydrogen (secondary N) is 1. The summed E-state index contributed by atoms with van der Waals surface area (Å²) in [5.74, 6) is 0.0946. The fourth-order valence-corrected chi connectivity index (χ4v) is 4.21. The molecule has 0 radical (unpaired) electrons. The number of aliphatic hydroxyl groups excluding tert-OH is 1. The van der Waals surface area contributed by atoms with E-state index in [0.717, 1.165) is 26.1 Å². The third-order valence-corrected chi connectivity index (χ3v) is 6.28. The molecule has 0 aliphatic carbocycles. The average molecular weight is 494 g/mol. The number of ether oxygens (including phenoxy) is 1. The van der Waals surface area contributed by atoms with E-state index in [1.165, 1.54) is 35.5 Å². The van der Waals surface area contributed by atoms with Gasteiger partial charge in [0.1, 0.15) is 18.1 Å². The lowest BCUT2D eigenvalue weighted by Gasteiger charge is -2.28. The highest BCUT2D eigenvalue weighted by atomic mass is 35.5. The van der Waals surface area contributed by atoms with Gasteiger partial charge in [0.25, 0.3) is 5.91 Å². The van der Waals surface area contributed by atoms with E-state index in [1.54, 1.807) is 19.1 Å². The van der Waals surface area contributed by atoms with Crippen molar-refractivity contribution in [1.29, 1.82) is 0 Å². The van der Waals surface area contributed by atoms with E-state index in [1.807, 2.05) is 6.07 Å². The van der Waals surface area contributed by atoms with E-state index in [0.29, 0.717) is 23.5 Å². The monoisotopic (exact) mass is 493 g/mol. The van der Waals surface area contributed by atoms with Gasteiger partial charge in [0.05, 0.1) is 17.3 Å². The van der Waals surface area contributed by atoms with E-state index >= 15 is 0 Å². The van der Waals surface area contributed by atoms with Gasteiger partial charge in [0.15, 0.2) is 0 Å². The summed E-state index contributed by atoms with van der Waals surface area (Å²) in [6, 6.07) is 18.1. The zero-order valence-corrected chi connectivity index (χ0v) is 20.2. The molecule has 0 saturated carbocycles. The summed E-state index contributed by atoms with van der Waals surface area (Å²) in [5.41, 5.74) is 6.78. The van der Waals surface area contributed by atoms with Crippen LogP contribution in [0.15, 0.2) is 65.8 Å². The number of nitrogens with zero attached hydrogens (tertiary/aromatic N) is 2. The molecule has 0 saturated heterocycles. The molecule has 182 valence electrons. The molecule has 7 nitrogen and oxygen atoms in total. The van der Waals surface area contributed by atoms with E-state index in [9.17, 15) is 15.0 Å². The van der Waals surface area contributed by atoms with Crippen LogP contribution in [0.2, 0.25) is 5.02 Å². The number of phenolic OH excluding ortho intramolecular Hbond substituents is 1. The van der Waals surface area contributed by atoms with Crippen molar-refractivity contribution in [3.8, 4) is 11.5 Å². The van der Waals surface area contributed by atoms with Crippen LogP contribution in [0.25, 0.3) is 0 Å². The Hall–Kier alpha value is -3.39. The Labute approximate surface area is 209 Å². The number of aromatic hydroxyl groups is 1. The third-order valence-electron chi connectivity index (χ3n) is 5.97. The number of rotatable bonds is 8. The van der Waals surface area contributed by atoms with Crippen LogP contribution in [0.4, 0.5) is 0 Å². The van der Waals surface area contributed by atoms with Gasteiger partial charge in [-0.2, -0.15) is 5.10 Å². The van der Waals surface area contributed by atoms with Gasteiger partial charge in [0.2, 0.25) is 0 Å². The second-order valence-electron chi connectivity index (χ2n) is 8.48. The fourth-order valence-electron chi connectivity index (χ4n) is 4.03. The zero-order valence-electron chi connectivity index (χ0n) is 19.4. The molecule has 1 amide bonds. The lowest BCUT2D eigenvalue weighted by molar-refractivity contribution is 0.0955. The summed E-state index contributed by atoms with van der Waals surface area (Å²) in [4.78, 5) is 14.6. The maximum Gasteiger partial charge on any atom is 0.271 e. The van der Waals surface area contributed by atoms with Crippen molar-refractivity contribution in [3.63, 3.8) is 0 Å². The summed E-state index contributed by atoms with van der Waals surface area (Å²) >= 11 is 5.85. The van der Waals surface area contributed by atoms with Gasteiger partial charge < -0.3 is 14.9 Å². The van der Waals surface area contributed by atoms with E-state index in [-0.39, 0.29) is 16.3 Å². The van der Waals surface area contributed by atoms with Crippen LogP contribution in [-0.2, 0) is 13.0 Å². The van der Waals surface area contributed by atoms with E-state index < -0.39 is 12.0 Å². The molecule has 0 fully saturated rings. The number of carbonyl (C=O) groups is 1. The first-order valence-corrected chi connectivity index (χ1v) is 11.8. The number of aliphatic hydroxyl groups is 1. The molecule has 1 unspecified atom stereocenters. The third kappa shape index (κ3) is 6.39. The minimum Gasteiger partial charge on any atom is -0.506 e. The topological polar surface area (TPSA) is 94.4 Å². The summed E-state index contributed by atoms with van der Waals surface area (Å²) in [5, 5.41) is 23.8. The number of fused-ring (bicyclic) bond motifs is 1. The van der Waals surface area contributed by atoms with E-state index in [4.69, 9.17) is 16.3 Å². The van der Waals surface area contributed by atoms with Gasteiger partial charge in [-0.05, 0) is 66.4 Å². The highest BCUT2D eigenvalue weighted by molar-refractivity contribution is 6.32. The number of phenols is 1. The minimum absolute atomic E-state index is 0.0821. The first-order valence-electron chi connectivity index (χ1n) is 11.5. The molecule has 1 heterocycles. The van der Waals surface area contributed by atoms with Crippen molar-refractivity contribution >= 4 is 23.7 Å². The Morgan fingerprint density at radius 3 is 2.77 bits per heavy atom. The number of hydrogen-bond acceptors (Lipinski definition) is 6. The van der Waals surface area contributed by atoms with Gasteiger partial charge in [-0.1, -0.05) is 35.9 Å². The number of amides is 1. The van der Waals surface area contributed by atoms with Crippen molar-refractivity contribution in [2.45, 2.75) is 26.0 Å². The molecule has 0 spiro atoms. The van der Waals surface area contributed by atoms with Gasteiger partial charge in [-0.3, -0.25) is 9.69 Å². The zero-order chi connectivity index (χ0) is 24.8. The highest BCUT2D eigenvalue weighted by Gasteiger charge is 2.16. The molecule has 3 N–H and O–H groups in total. The first-order chi connectivity index (χ1) is 16.9. The number of benzene rings is 3. The molecule has 8 heteroatoms. The molecular formula is C27H28ClN3O4. The fraction of sp³-hybridized carbons (Fsp3) is 0.259. The van der Waals surface area contributed by atoms with Gasteiger partial charge in [-0.15, -0.1) is 0 Å². The smallest absolute Gasteiger partial charge is 0.271 e. The van der Waals surface area contributed by atoms with Crippen LogP contribution in [-0.4, -0.2) is 46.9 Å². The Morgan fingerprint density at radius 2 is 2.00 bits per heavy atom. The maximum atomic E-state index is 12.2. The molecule has 3 aromatic carbocycles. The van der Waals surface area contributed by atoms with Crippen molar-refractivity contribution in [2.24, 2.45) is 5.10 Å². The van der Waals surface area contributed by atoms with Gasteiger partial charge in [0, 0.05) is 30.8 Å². The van der Waals surface area contributed by atoms with Crippen LogP contribution >= 0.6 is 11.6 Å². The summed E-state index contributed by atoms with van der Waals surface area (Å²) in [7, 11) is 0. The normalized spacial score (nSPS) is 14.5. The quantitative estimate of drug-likeness (QED) is 0.321. The first kappa shape index (κ1) is 24.7. The number of hydrazone groups is 1. The molecule has 35 heavy (non-hydrogen) atoms. The standard InChI is InChI=1S/C27H28ClN3O4/c1-18(32)24-15-23(35-13-12-31-11-10-19-4-2-3-5-22(19)17-31)8-6-21(24)16-29-30-27(34)20-7-9-26(33)25(28)14-20/h2-9,14-16,18,32-33H,10-13,17H2,1H3,(H,30,34)/b29-16+. The summed E-state index contributed by atoms with van der Waals surface area (Å²) in [6.07, 6.45) is 1.77.